The van der Waals surface area contributed by atoms with Crippen molar-refractivity contribution in [2.24, 2.45) is 0 Å². The van der Waals surface area contributed by atoms with Crippen LogP contribution < -0.4 is 10.1 Å². The van der Waals surface area contributed by atoms with Crippen LogP contribution in [0.2, 0.25) is 0 Å². The molecule has 4 rings (SSSR count). The van der Waals surface area contributed by atoms with Crippen molar-refractivity contribution >= 4 is 28.8 Å². The molecule has 1 heterocycles. The Labute approximate surface area is 162 Å². The summed E-state index contributed by atoms with van der Waals surface area (Å²) in [6.45, 7) is 0. The normalized spacial score (nSPS) is 11.0. The Morgan fingerprint density at radius 3 is 2.64 bits per heavy atom. The molecule has 0 fully saturated rings. The third-order valence-electron chi connectivity index (χ3n) is 4.22. The van der Waals surface area contributed by atoms with Crippen LogP contribution >= 0.6 is 0 Å². The molecule has 0 radical (unpaired) electrons. The van der Waals surface area contributed by atoms with Crippen LogP contribution in [0.4, 0.5) is 5.69 Å². The number of carbonyl (C=O) groups excluding carboxylic acids is 1. The lowest BCUT2D eigenvalue weighted by Crippen LogP contribution is -2.07. The first-order valence-corrected chi connectivity index (χ1v) is 8.81. The van der Waals surface area contributed by atoms with Crippen LogP contribution in [0.1, 0.15) is 5.56 Å². The van der Waals surface area contributed by atoms with Crippen molar-refractivity contribution in [1.82, 2.24) is 4.98 Å². The lowest BCUT2D eigenvalue weighted by molar-refractivity contribution is -0.111. The van der Waals surface area contributed by atoms with Gasteiger partial charge in [0.1, 0.15) is 11.3 Å². The number of hydrogen-bond acceptors (Lipinski definition) is 4. The van der Waals surface area contributed by atoms with Gasteiger partial charge in [0.2, 0.25) is 11.8 Å². The zero-order valence-electron chi connectivity index (χ0n) is 15.3. The third kappa shape index (κ3) is 3.78. The van der Waals surface area contributed by atoms with Crippen LogP contribution in [-0.2, 0) is 4.79 Å². The molecular formula is C23H18N2O3. The highest BCUT2D eigenvalue weighted by Gasteiger charge is 2.13. The van der Waals surface area contributed by atoms with Crippen molar-refractivity contribution in [3.05, 3.63) is 84.4 Å². The smallest absolute Gasteiger partial charge is 0.248 e. The maximum Gasteiger partial charge on any atom is 0.248 e. The number of amides is 1. The van der Waals surface area contributed by atoms with Gasteiger partial charge in [0.15, 0.2) is 5.58 Å². The van der Waals surface area contributed by atoms with E-state index < -0.39 is 0 Å². The number of methoxy groups -OCH3 is 1. The number of rotatable bonds is 5. The van der Waals surface area contributed by atoms with Crippen molar-refractivity contribution in [1.29, 1.82) is 0 Å². The number of benzene rings is 3. The fourth-order valence-electron chi connectivity index (χ4n) is 2.86. The lowest BCUT2D eigenvalue weighted by Gasteiger charge is -2.03. The van der Waals surface area contributed by atoms with E-state index in [1.807, 2.05) is 60.7 Å². The number of hydrogen-bond donors (Lipinski definition) is 1. The van der Waals surface area contributed by atoms with Gasteiger partial charge in [-0.2, -0.15) is 0 Å². The number of para-hydroxylation sites is 1. The molecule has 5 heteroatoms. The maximum atomic E-state index is 12.2. The Balaban J connectivity index is 1.55. The van der Waals surface area contributed by atoms with Crippen LogP contribution in [0.15, 0.2) is 83.3 Å². The largest absolute Gasteiger partial charge is 0.496 e. The number of carbonyl (C=O) groups is 1. The van der Waals surface area contributed by atoms with Crippen LogP contribution in [0.25, 0.3) is 28.6 Å². The predicted octanol–water partition coefficient (Wildman–Crippen LogP) is 5.16. The van der Waals surface area contributed by atoms with Crippen molar-refractivity contribution in [2.75, 3.05) is 12.4 Å². The standard InChI is InChI=1S/C23H18N2O3/c1-27-20-10-6-5-9-18(20)23-25-19-13-12-17(15-21(19)28-23)24-22(26)14-11-16-7-3-2-4-8-16/h2-15H,1H3,(H,24,26)/b14-11+. The molecule has 0 spiro atoms. The van der Waals surface area contributed by atoms with Crippen molar-refractivity contribution in [3.63, 3.8) is 0 Å². The predicted molar refractivity (Wildman–Crippen MR) is 110 cm³/mol. The first-order chi connectivity index (χ1) is 13.7. The first kappa shape index (κ1) is 17.5. The van der Waals surface area contributed by atoms with Crippen LogP contribution in [0.3, 0.4) is 0 Å². The summed E-state index contributed by atoms with van der Waals surface area (Å²) in [5, 5.41) is 2.84. The molecule has 4 aromatic rings. The molecule has 3 aromatic carbocycles. The van der Waals surface area contributed by atoms with Crippen molar-refractivity contribution < 1.29 is 13.9 Å². The zero-order chi connectivity index (χ0) is 19.3. The molecule has 0 aliphatic heterocycles. The van der Waals surface area contributed by atoms with Gasteiger partial charge in [-0.3, -0.25) is 4.79 Å². The van der Waals surface area contributed by atoms with Gasteiger partial charge in [-0.15, -0.1) is 0 Å². The number of nitrogens with zero attached hydrogens (tertiary/aromatic N) is 1. The molecule has 1 amide bonds. The second-order valence-corrected chi connectivity index (χ2v) is 6.14. The van der Waals surface area contributed by atoms with E-state index in [1.54, 1.807) is 25.3 Å². The highest BCUT2D eigenvalue weighted by Crippen LogP contribution is 2.32. The summed E-state index contributed by atoms with van der Waals surface area (Å²) >= 11 is 0. The molecule has 0 atom stereocenters. The highest BCUT2D eigenvalue weighted by atomic mass is 16.5. The van der Waals surface area contributed by atoms with Gasteiger partial charge in [-0.05, 0) is 35.9 Å². The highest BCUT2D eigenvalue weighted by molar-refractivity contribution is 6.02. The second-order valence-electron chi connectivity index (χ2n) is 6.14. The summed E-state index contributed by atoms with van der Waals surface area (Å²) in [5.74, 6) is 0.946. The number of aromatic nitrogens is 1. The minimum absolute atomic E-state index is 0.215. The number of nitrogens with one attached hydrogen (secondary N) is 1. The van der Waals surface area contributed by atoms with Gasteiger partial charge in [0.05, 0.1) is 12.7 Å². The van der Waals surface area contributed by atoms with Gasteiger partial charge in [0.25, 0.3) is 0 Å². The van der Waals surface area contributed by atoms with Crippen LogP contribution in [0, 0.1) is 0 Å². The number of anilines is 1. The summed E-state index contributed by atoms with van der Waals surface area (Å²) in [6, 6.07) is 22.6. The van der Waals surface area contributed by atoms with Crippen LogP contribution in [-0.4, -0.2) is 18.0 Å². The van der Waals surface area contributed by atoms with Gasteiger partial charge in [-0.1, -0.05) is 42.5 Å². The van der Waals surface area contributed by atoms with Crippen molar-refractivity contribution in [2.45, 2.75) is 0 Å². The number of ether oxygens (including phenoxy) is 1. The third-order valence-corrected chi connectivity index (χ3v) is 4.22. The Morgan fingerprint density at radius 1 is 1.04 bits per heavy atom. The Morgan fingerprint density at radius 2 is 1.82 bits per heavy atom. The molecule has 28 heavy (non-hydrogen) atoms. The molecule has 0 aliphatic carbocycles. The second kappa shape index (κ2) is 7.80. The van der Waals surface area contributed by atoms with Gasteiger partial charge < -0.3 is 14.5 Å². The molecule has 0 bridgehead atoms. The summed E-state index contributed by atoms with van der Waals surface area (Å²) in [4.78, 5) is 16.7. The van der Waals surface area contributed by atoms with Gasteiger partial charge in [-0.25, -0.2) is 4.98 Å². The number of oxazole rings is 1. The Hall–Kier alpha value is -3.86. The average Bonchev–Trinajstić information content (AvgIpc) is 3.16. The fourth-order valence-corrected chi connectivity index (χ4v) is 2.86. The molecule has 0 saturated carbocycles. The summed E-state index contributed by atoms with van der Waals surface area (Å²) in [6.07, 6.45) is 3.27. The maximum absolute atomic E-state index is 12.2. The van der Waals surface area contributed by atoms with E-state index in [2.05, 4.69) is 10.3 Å². The monoisotopic (exact) mass is 370 g/mol. The Kier molecular flexibility index (Phi) is 4.89. The molecule has 138 valence electrons. The van der Waals surface area contributed by atoms with E-state index in [4.69, 9.17) is 9.15 Å². The quantitative estimate of drug-likeness (QED) is 0.493. The van der Waals surface area contributed by atoms with E-state index in [9.17, 15) is 4.79 Å². The topological polar surface area (TPSA) is 64.4 Å². The minimum Gasteiger partial charge on any atom is -0.496 e. The fraction of sp³-hybridized carbons (Fsp3) is 0.0435. The Bertz CT molecular complexity index is 1150. The van der Waals surface area contributed by atoms with E-state index in [1.165, 1.54) is 6.08 Å². The molecule has 0 unspecified atom stereocenters. The molecule has 0 aliphatic rings. The van der Waals surface area contributed by atoms with E-state index in [0.717, 1.165) is 11.1 Å². The molecule has 5 nitrogen and oxygen atoms in total. The van der Waals surface area contributed by atoms with Crippen LogP contribution in [0.5, 0.6) is 5.75 Å². The van der Waals surface area contributed by atoms with Gasteiger partial charge in [0, 0.05) is 17.8 Å². The lowest BCUT2D eigenvalue weighted by atomic mass is 10.2. The van der Waals surface area contributed by atoms with E-state index in [0.29, 0.717) is 28.4 Å². The SMILES string of the molecule is COc1ccccc1-c1nc2ccc(NC(=O)/C=C/c3ccccc3)cc2o1. The molecule has 0 saturated heterocycles. The molecular weight excluding hydrogens is 352 g/mol. The summed E-state index contributed by atoms with van der Waals surface area (Å²) in [7, 11) is 1.61. The summed E-state index contributed by atoms with van der Waals surface area (Å²) < 4.78 is 11.3. The number of fused-ring (bicyclic) bond motifs is 1. The average molecular weight is 370 g/mol. The zero-order valence-corrected chi connectivity index (χ0v) is 15.3. The first-order valence-electron chi connectivity index (χ1n) is 8.81. The molecule has 1 N–H and O–H groups in total. The van der Waals surface area contributed by atoms with E-state index >= 15 is 0 Å². The van der Waals surface area contributed by atoms with Crippen molar-refractivity contribution in [3.8, 4) is 17.2 Å². The summed E-state index contributed by atoms with van der Waals surface area (Å²) in [5.41, 5.74) is 3.67. The minimum atomic E-state index is -0.215. The molecule has 1 aromatic heterocycles. The van der Waals surface area contributed by atoms with Gasteiger partial charge >= 0.3 is 0 Å². The van der Waals surface area contributed by atoms with E-state index in [-0.39, 0.29) is 5.91 Å².